The molecule has 2 fully saturated rings. The molecule has 140 valence electrons. The van der Waals surface area contributed by atoms with E-state index in [1.165, 1.54) is 0 Å². The summed E-state index contributed by atoms with van der Waals surface area (Å²) in [5.41, 5.74) is -0.358. The Bertz CT molecular complexity index is 591. The molecule has 0 radical (unpaired) electrons. The van der Waals surface area contributed by atoms with Crippen molar-refractivity contribution in [3.05, 3.63) is 17.7 Å². The van der Waals surface area contributed by atoms with Crippen LogP contribution in [0.4, 0.5) is 4.39 Å². The van der Waals surface area contributed by atoms with Crippen LogP contribution in [0.25, 0.3) is 0 Å². The first kappa shape index (κ1) is 18.3. The summed E-state index contributed by atoms with van der Waals surface area (Å²) >= 11 is 0. The highest BCUT2D eigenvalue weighted by molar-refractivity contribution is 5.54. The first-order valence-electron chi connectivity index (χ1n) is 9.04. The summed E-state index contributed by atoms with van der Waals surface area (Å²) in [5.74, 6) is 2.25. The van der Waals surface area contributed by atoms with Crippen LogP contribution in [-0.4, -0.2) is 33.1 Å². The molecule has 0 bridgehead atoms. The van der Waals surface area contributed by atoms with Crippen molar-refractivity contribution < 1.29 is 23.3 Å². The van der Waals surface area contributed by atoms with Crippen LogP contribution in [0.5, 0.6) is 17.2 Å². The Morgan fingerprint density at radius 1 is 1.08 bits per heavy atom. The standard InChI is InChI=1S/C20H29FO4/c1-12-6-7-14-15(8-12)25-18(11-20(14,2)21)13-9-16(22-3)19(24-5)17(10-13)23-4/h9-10,12,14-15,18H,6-8,11H2,1-5H3/t12-,14-,15-,18-,20?/m1/s1. The van der Waals surface area contributed by atoms with E-state index in [-0.39, 0.29) is 18.1 Å². The Morgan fingerprint density at radius 3 is 2.28 bits per heavy atom. The lowest BCUT2D eigenvalue weighted by Gasteiger charge is -2.48. The van der Waals surface area contributed by atoms with Crippen LogP contribution < -0.4 is 14.2 Å². The van der Waals surface area contributed by atoms with Crippen molar-refractivity contribution in [3.63, 3.8) is 0 Å². The third kappa shape index (κ3) is 3.43. The number of benzene rings is 1. The van der Waals surface area contributed by atoms with E-state index in [2.05, 4.69) is 6.92 Å². The molecule has 25 heavy (non-hydrogen) atoms. The van der Waals surface area contributed by atoms with Gasteiger partial charge in [0.2, 0.25) is 5.75 Å². The third-order valence-corrected chi connectivity index (χ3v) is 5.81. The minimum atomic E-state index is -1.23. The molecule has 1 aromatic rings. The van der Waals surface area contributed by atoms with Gasteiger partial charge in [-0.25, -0.2) is 4.39 Å². The quantitative estimate of drug-likeness (QED) is 0.787. The van der Waals surface area contributed by atoms with Crippen LogP contribution in [0.1, 0.15) is 51.2 Å². The monoisotopic (exact) mass is 352 g/mol. The first-order valence-corrected chi connectivity index (χ1v) is 9.04. The number of hydrogen-bond donors (Lipinski definition) is 0. The number of ether oxygens (including phenoxy) is 4. The summed E-state index contributed by atoms with van der Waals surface area (Å²) in [6, 6.07) is 3.74. The summed E-state index contributed by atoms with van der Waals surface area (Å²) in [7, 11) is 4.74. The lowest BCUT2D eigenvalue weighted by Crippen LogP contribution is -2.49. The smallest absolute Gasteiger partial charge is 0.203 e. The number of alkyl halides is 1. The summed E-state index contributed by atoms with van der Waals surface area (Å²) in [6.07, 6.45) is 2.92. The molecule has 1 aromatic carbocycles. The van der Waals surface area contributed by atoms with Crippen LogP contribution in [0.15, 0.2) is 12.1 Å². The molecule has 5 heteroatoms. The van der Waals surface area contributed by atoms with E-state index >= 15 is 4.39 Å². The fourth-order valence-corrected chi connectivity index (χ4v) is 4.42. The number of methoxy groups -OCH3 is 3. The second-order valence-corrected chi connectivity index (χ2v) is 7.63. The van der Waals surface area contributed by atoms with Crippen molar-refractivity contribution in [2.24, 2.45) is 11.8 Å². The molecule has 2 aliphatic rings. The van der Waals surface area contributed by atoms with E-state index in [4.69, 9.17) is 18.9 Å². The maximum atomic E-state index is 15.4. The highest BCUT2D eigenvalue weighted by atomic mass is 19.1. The van der Waals surface area contributed by atoms with E-state index in [0.717, 1.165) is 24.8 Å². The SMILES string of the molecule is COc1cc([C@H]2CC(C)(F)[C@@H]3CC[C@@H](C)C[C@H]3O2)cc(OC)c1OC. The largest absolute Gasteiger partial charge is 0.493 e. The van der Waals surface area contributed by atoms with Gasteiger partial charge in [-0.05, 0) is 43.4 Å². The van der Waals surface area contributed by atoms with Gasteiger partial charge in [0.05, 0.1) is 33.5 Å². The zero-order chi connectivity index (χ0) is 18.2. The lowest BCUT2D eigenvalue weighted by molar-refractivity contribution is -0.171. The average molecular weight is 352 g/mol. The molecule has 0 spiro atoms. The van der Waals surface area contributed by atoms with Gasteiger partial charge in [0.25, 0.3) is 0 Å². The van der Waals surface area contributed by atoms with E-state index in [1.807, 2.05) is 12.1 Å². The van der Waals surface area contributed by atoms with Crippen molar-refractivity contribution in [1.29, 1.82) is 0 Å². The third-order valence-electron chi connectivity index (χ3n) is 5.81. The molecular weight excluding hydrogens is 323 g/mol. The van der Waals surface area contributed by atoms with Gasteiger partial charge >= 0.3 is 0 Å². The molecular formula is C20H29FO4. The minimum Gasteiger partial charge on any atom is -0.493 e. The number of hydrogen-bond acceptors (Lipinski definition) is 4. The van der Waals surface area contributed by atoms with Gasteiger partial charge in [-0.3, -0.25) is 0 Å². The number of fused-ring (bicyclic) bond motifs is 1. The molecule has 0 amide bonds. The molecule has 4 nitrogen and oxygen atoms in total. The zero-order valence-electron chi connectivity index (χ0n) is 15.8. The predicted molar refractivity (Wildman–Crippen MR) is 94.3 cm³/mol. The fourth-order valence-electron chi connectivity index (χ4n) is 4.42. The maximum Gasteiger partial charge on any atom is 0.203 e. The second kappa shape index (κ2) is 7.02. The Labute approximate surface area is 149 Å². The minimum absolute atomic E-state index is 0.0120. The molecule has 1 aliphatic heterocycles. The highest BCUT2D eigenvalue weighted by Crippen LogP contribution is 2.51. The van der Waals surface area contributed by atoms with Crippen molar-refractivity contribution >= 4 is 0 Å². The molecule has 1 heterocycles. The van der Waals surface area contributed by atoms with Crippen molar-refractivity contribution in [1.82, 2.24) is 0 Å². The summed E-state index contributed by atoms with van der Waals surface area (Å²) < 4.78 is 38.0. The average Bonchev–Trinajstić information content (AvgIpc) is 2.59. The molecule has 0 N–H and O–H groups in total. The van der Waals surface area contributed by atoms with Crippen molar-refractivity contribution in [2.45, 2.75) is 57.4 Å². The lowest BCUT2D eigenvalue weighted by atomic mass is 9.69. The molecule has 0 aromatic heterocycles. The predicted octanol–water partition coefficient (Wildman–Crippen LogP) is 4.71. The molecule has 1 saturated heterocycles. The van der Waals surface area contributed by atoms with Crippen LogP contribution >= 0.6 is 0 Å². The van der Waals surface area contributed by atoms with E-state index in [1.54, 1.807) is 28.3 Å². The van der Waals surface area contributed by atoms with E-state index < -0.39 is 5.67 Å². The molecule has 3 rings (SSSR count). The van der Waals surface area contributed by atoms with Gasteiger partial charge in [-0.1, -0.05) is 13.3 Å². The number of halogens is 1. The van der Waals surface area contributed by atoms with Crippen molar-refractivity contribution in [2.75, 3.05) is 21.3 Å². The van der Waals surface area contributed by atoms with Gasteiger partial charge in [0.1, 0.15) is 5.67 Å². The van der Waals surface area contributed by atoms with Gasteiger partial charge in [0.15, 0.2) is 11.5 Å². The Balaban J connectivity index is 1.93. The van der Waals surface area contributed by atoms with Gasteiger partial charge < -0.3 is 18.9 Å². The number of rotatable bonds is 4. The van der Waals surface area contributed by atoms with Crippen LogP contribution in [0.3, 0.4) is 0 Å². The van der Waals surface area contributed by atoms with Crippen molar-refractivity contribution in [3.8, 4) is 17.2 Å². The molecule has 1 saturated carbocycles. The topological polar surface area (TPSA) is 36.9 Å². The fraction of sp³-hybridized carbons (Fsp3) is 0.700. The summed E-state index contributed by atoms with van der Waals surface area (Å²) in [5, 5.41) is 0. The normalized spacial score (nSPS) is 35.0. The van der Waals surface area contributed by atoms with Crippen LogP contribution in [0.2, 0.25) is 0 Å². The highest BCUT2D eigenvalue weighted by Gasteiger charge is 2.49. The molecule has 1 aliphatic carbocycles. The van der Waals surface area contributed by atoms with Gasteiger partial charge in [-0.2, -0.15) is 0 Å². The van der Waals surface area contributed by atoms with Gasteiger partial charge in [-0.15, -0.1) is 0 Å². The van der Waals surface area contributed by atoms with E-state index in [9.17, 15) is 0 Å². The Morgan fingerprint density at radius 2 is 1.72 bits per heavy atom. The molecule has 5 atom stereocenters. The Hall–Kier alpha value is -1.49. The second-order valence-electron chi connectivity index (χ2n) is 7.63. The maximum absolute atomic E-state index is 15.4. The first-order chi connectivity index (χ1) is 11.9. The summed E-state index contributed by atoms with van der Waals surface area (Å²) in [4.78, 5) is 0. The van der Waals surface area contributed by atoms with Crippen LogP contribution in [-0.2, 0) is 4.74 Å². The summed E-state index contributed by atoms with van der Waals surface area (Å²) in [6.45, 7) is 3.95. The zero-order valence-corrected chi connectivity index (χ0v) is 15.8. The Kier molecular flexibility index (Phi) is 5.14. The van der Waals surface area contributed by atoms with E-state index in [0.29, 0.717) is 29.6 Å². The van der Waals surface area contributed by atoms with Crippen LogP contribution in [0, 0.1) is 11.8 Å². The van der Waals surface area contributed by atoms with Gasteiger partial charge in [0, 0.05) is 12.3 Å². The molecule has 1 unspecified atom stereocenters.